The quantitative estimate of drug-likeness (QED) is 0.563. The lowest BCUT2D eigenvalue weighted by Crippen LogP contribution is -2.38. The number of rotatable bonds is 5. The molecule has 0 N–H and O–H groups in total. The van der Waals surface area contributed by atoms with Gasteiger partial charge in [0, 0.05) is 31.5 Å². The molecule has 8 nitrogen and oxygen atoms in total. The second-order valence-electron chi connectivity index (χ2n) is 8.20. The Hall–Kier alpha value is -4.20. The van der Waals surface area contributed by atoms with Crippen molar-refractivity contribution < 1.29 is 19.1 Å². The van der Waals surface area contributed by atoms with Crippen LogP contribution >= 0.6 is 0 Å². The second kappa shape index (κ2) is 8.05. The fourth-order valence-electron chi connectivity index (χ4n) is 4.24. The number of carbonyl (C=O) groups excluding carboxylic acids is 3. The number of anilines is 2. The number of ether oxygens (including phenoxy) is 1. The number of pyridine rings is 1. The summed E-state index contributed by atoms with van der Waals surface area (Å²) in [7, 11) is 3.88. The lowest BCUT2D eigenvalue weighted by atomic mass is 10.1. The van der Waals surface area contributed by atoms with E-state index < -0.39 is 12.2 Å². The third-order valence-electron chi connectivity index (χ3n) is 5.84. The molecule has 2 aliphatic heterocycles. The van der Waals surface area contributed by atoms with Crippen LogP contribution in [-0.4, -0.2) is 61.1 Å². The van der Waals surface area contributed by atoms with Gasteiger partial charge in [-0.2, -0.15) is 0 Å². The average molecular weight is 442 g/mol. The highest BCUT2D eigenvalue weighted by molar-refractivity contribution is 6.21. The molecular formula is C25H22N4O4. The topological polar surface area (TPSA) is 83.1 Å². The van der Waals surface area contributed by atoms with E-state index in [1.54, 1.807) is 30.5 Å². The van der Waals surface area contributed by atoms with E-state index in [1.165, 1.54) is 4.90 Å². The zero-order valence-corrected chi connectivity index (χ0v) is 18.3. The van der Waals surface area contributed by atoms with Crippen LogP contribution in [0.4, 0.5) is 16.3 Å². The van der Waals surface area contributed by atoms with E-state index in [9.17, 15) is 14.4 Å². The first-order valence-electron chi connectivity index (χ1n) is 10.6. The highest BCUT2D eigenvalue weighted by Gasteiger charge is 2.40. The summed E-state index contributed by atoms with van der Waals surface area (Å²) >= 11 is 0. The number of carbonyl (C=O) groups is 3. The molecule has 2 aromatic carbocycles. The van der Waals surface area contributed by atoms with E-state index in [0.29, 0.717) is 16.8 Å². The number of cyclic esters (lactones) is 1. The minimum absolute atomic E-state index is 0.0224. The van der Waals surface area contributed by atoms with Crippen LogP contribution in [0.1, 0.15) is 20.7 Å². The fourth-order valence-corrected chi connectivity index (χ4v) is 4.24. The maximum Gasteiger partial charge on any atom is 0.414 e. The number of nitrogens with zero attached hydrogens (tertiary/aromatic N) is 4. The summed E-state index contributed by atoms with van der Waals surface area (Å²) in [5.74, 6) is 0.136. The third kappa shape index (κ3) is 3.59. The Morgan fingerprint density at radius 1 is 0.909 bits per heavy atom. The maximum absolute atomic E-state index is 12.6. The molecule has 8 heteroatoms. The fraction of sp³-hybridized carbons (Fsp3) is 0.200. The largest absolute Gasteiger partial charge is 0.442 e. The summed E-state index contributed by atoms with van der Waals surface area (Å²) in [6, 6.07) is 18.2. The summed E-state index contributed by atoms with van der Waals surface area (Å²) in [6.45, 7) is 0.274. The smallest absolute Gasteiger partial charge is 0.414 e. The van der Waals surface area contributed by atoms with Crippen LogP contribution in [0.15, 0.2) is 66.9 Å². The molecule has 0 saturated carbocycles. The number of amides is 3. The first-order chi connectivity index (χ1) is 15.9. The van der Waals surface area contributed by atoms with Crippen LogP contribution in [0.3, 0.4) is 0 Å². The first kappa shape index (κ1) is 20.7. The monoisotopic (exact) mass is 442 g/mol. The molecule has 3 amide bonds. The van der Waals surface area contributed by atoms with Crippen LogP contribution in [-0.2, 0) is 4.74 Å². The summed E-state index contributed by atoms with van der Waals surface area (Å²) in [6.07, 6.45) is 0.653. The van der Waals surface area contributed by atoms with E-state index in [-0.39, 0.29) is 24.9 Å². The Bertz CT molecular complexity index is 1220. The van der Waals surface area contributed by atoms with Crippen molar-refractivity contribution in [3.63, 3.8) is 0 Å². The van der Waals surface area contributed by atoms with E-state index in [0.717, 1.165) is 21.8 Å². The molecule has 0 bridgehead atoms. The van der Waals surface area contributed by atoms with Crippen molar-refractivity contribution in [1.29, 1.82) is 0 Å². The normalized spacial score (nSPS) is 17.4. The molecule has 2 aliphatic rings. The Balaban J connectivity index is 1.31. The second-order valence-corrected chi connectivity index (χ2v) is 8.20. The van der Waals surface area contributed by atoms with Gasteiger partial charge in [0.1, 0.15) is 11.9 Å². The summed E-state index contributed by atoms with van der Waals surface area (Å²) in [4.78, 5) is 46.8. The molecule has 0 unspecified atom stereocenters. The van der Waals surface area contributed by atoms with Gasteiger partial charge in [-0.25, -0.2) is 9.78 Å². The molecule has 0 radical (unpaired) electrons. The van der Waals surface area contributed by atoms with Gasteiger partial charge in [-0.1, -0.05) is 24.3 Å². The van der Waals surface area contributed by atoms with Crippen LogP contribution in [0.25, 0.3) is 11.1 Å². The number of aromatic nitrogens is 1. The van der Waals surface area contributed by atoms with Crippen molar-refractivity contribution in [3.8, 4) is 11.1 Å². The number of hydrogen-bond donors (Lipinski definition) is 0. The van der Waals surface area contributed by atoms with Gasteiger partial charge in [0.05, 0.1) is 24.2 Å². The Morgan fingerprint density at radius 3 is 2.18 bits per heavy atom. The van der Waals surface area contributed by atoms with Gasteiger partial charge in [-0.3, -0.25) is 19.4 Å². The molecule has 0 spiro atoms. The summed E-state index contributed by atoms with van der Waals surface area (Å²) < 4.78 is 5.48. The predicted octanol–water partition coefficient (Wildman–Crippen LogP) is 3.44. The molecule has 3 aromatic rings. The molecule has 1 atom stereocenters. The highest BCUT2D eigenvalue weighted by Crippen LogP contribution is 2.31. The molecular weight excluding hydrogens is 420 g/mol. The van der Waals surface area contributed by atoms with Gasteiger partial charge >= 0.3 is 6.09 Å². The maximum atomic E-state index is 12.6. The first-order valence-corrected chi connectivity index (χ1v) is 10.6. The van der Waals surface area contributed by atoms with Crippen LogP contribution in [0, 0.1) is 0 Å². The third-order valence-corrected chi connectivity index (χ3v) is 5.84. The standard InChI is InChI=1S/C25H22N4O4/c1-27(2)22-19(8-5-13-26-22)16-9-11-17(12-10-16)28-14-18(33-25(28)32)15-29-23(30)20-6-3-4-7-21(20)24(29)31/h3-13,18H,14-15H2,1-2H3/t18-/m1/s1. The van der Waals surface area contributed by atoms with Crippen molar-refractivity contribution in [3.05, 3.63) is 78.0 Å². The van der Waals surface area contributed by atoms with Gasteiger partial charge in [-0.15, -0.1) is 0 Å². The Morgan fingerprint density at radius 2 is 1.55 bits per heavy atom. The minimum Gasteiger partial charge on any atom is -0.442 e. The molecule has 33 heavy (non-hydrogen) atoms. The molecule has 1 fully saturated rings. The van der Waals surface area contributed by atoms with Gasteiger partial charge in [-0.05, 0) is 42.0 Å². The van der Waals surface area contributed by atoms with Crippen molar-refractivity contribution in [1.82, 2.24) is 9.88 Å². The van der Waals surface area contributed by atoms with Gasteiger partial charge in [0.15, 0.2) is 0 Å². The number of benzene rings is 2. The lowest BCUT2D eigenvalue weighted by molar-refractivity contribution is 0.0558. The van der Waals surface area contributed by atoms with E-state index in [1.807, 2.05) is 55.4 Å². The van der Waals surface area contributed by atoms with Crippen LogP contribution < -0.4 is 9.80 Å². The summed E-state index contributed by atoms with van der Waals surface area (Å²) in [5.41, 5.74) is 3.41. The molecule has 1 aromatic heterocycles. The molecule has 1 saturated heterocycles. The van der Waals surface area contributed by atoms with Crippen LogP contribution in [0.5, 0.6) is 0 Å². The zero-order chi connectivity index (χ0) is 23.1. The predicted molar refractivity (Wildman–Crippen MR) is 123 cm³/mol. The van der Waals surface area contributed by atoms with Crippen molar-refractivity contribution in [2.45, 2.75) is 6.10 Å². The van der Waals surface area contributed by atoms with E-state index >= 15 is 0 Å². The molecule has 166 valence electrons. The minimum atomic E-state index is -0.599. The van der Waals surface area contributed by atoms with Crippen molar-refractivity contribution in [2.24, 2.45) is 0 Å². The molecule has 5 rings (SSSR count). The number of fused-ring (bicyclic) bond motifs is 1. The van der Waals surface area contributed by atoms with Gasteiger partial charge in [0.25, 0.3) is 11.8 Å². The molecule has 0 aliphatic carbocycles. The van der Waals surface area contributed by atoms with Crippen molar-refractivity contribution >= 4 is 29.4 Å². The van der Waals surface area contributed by atoms with Crippen molar-refractivity contribution in [2.75, 3.05) is 37.0 Å². The highest BCUT2D eigenvalue weighted by atomic mass is 16.6. The van der Waals surface area contributed by atoms with E-state index in [4.69, 9.17) is 4.74 Å². The Labute approximate surface area is 191 Å². The zero-order valence-electron chi connectivity index (χ0n) is 18.3. The van der Waals surface area contributed by atoms with E-state index in [2.05, 4.69) is 4.98 Å². The number of hydrogen-bond acceptors (Lipinski definition) is 6. The van der Waals surface area contributed by atoms with Gasteiger partial charge in [0.2, 0.25) is 0 Å². The Kier molecular flexibility index (Phi) is 5.05. The SMILES string of the molecule is CN(C)c1ncccc1-c1ccc(N2C[C@H](CN3C(=O)c4ccccc4C3=O)OC2=O)cc1. The summed E-state index contributed by atoms with van der Waals surface area (Å²) in [5, 5.41) is 0. The molecule has 3 heterocycles. The average Bonchev–Trinajstić information content (AvgIpc) is 3.32. The number of imide groups is 1. The van der Waals surface area contributed by atoms with Crippen LogP contribution in [0.2, 0.25) is 0 Å². The van der Waals surface area contributed by atoms with Gasteiger partial charge < -0.3 is 9.64 Å². The lowest BCUT2D eigenvalue weighted by Gasteiger charge is -2.18.